The second-order valence-corrected chi connectivity index (χ2v) is 6.58. The van der Waals surface area contributed by atoms with E-state index in [1.807, 2.05) is 19.1 Å². The van der Waals surface area contributed by atoms with Crippen LogP contribution in [0.3, 0.4) is 0 Å². The van der Waals surface area contributed by atoms with Crippen LogP contribution in [0.1, 0.15) is 37.0 Å². The highest BCUT2D eigenvalue weighted by atomic mass is 16.7. The Hall–Kier alpha value is -2.27. The fourth-order valence-electron chi connectivity index (χ4n) is 3.56. The molecule has 2 fully saturated rings. The van der Waals surface area contributed by atoms with Crippen LogP contribution >= 0.6 is 0 Å². The number of hydrogen-bond acceptors (Lipinski definition) is 5. The lowest BCUT2D eigenvalue weighted by atomic mass is 9.90. The van der Waals surface area contributed by atoms with Crippen molar-refractivity contribution in [3.63, 3.8) is 0 Å². The van der Waals surface area contributed by atoms with Crippen molar-refractivity contribution in [3.05, 3.63) is 48.1 Å². The molecule has 5 nitrogen and oxygen atoms in total. The van der Waals surface area contributed by atoms with E-state index in [1.165, 1.54) is 0 Å². The predicted molar refractivity (Wildman–Crippen MR) is 93.9 cm³/mol. The van der Waals surface area contributed by atoms with Gasteiger partial charge in [0.1, 0.15) is 17.6 Å². The van der Waals surface area contributed by atoms with Crippen molar-refractivity contribution in [2.24, 2.45) is 0 Å². The fraction of sp³-hybridized carbons (Fsp3) is 0.450. The Morgan fingerprint density at radius 1 is 1.32 bits per heavy atom. The normalized spacial score (nSPS) is 26.6. The van der Waals surface area contributed by atoms with Crippen molar-refractivity contribution >= 4 is 5.97 Å². The van der Waals surface area contributed by atoms with Gasteiger partial charge in [0.05, 0.1) is 14.2 Å². The summed E-state index contributed by atoms with van der Waals surface area (Å²) in [5, 5.41) is 0. The molecule has 2 aliphatic heterocycles. The molecule has 0 bridgehead atoms. The summed E-state index contributed by atoms with van der Waals surface area (Å²) in [6, 6.07) is 3.69. The molecule has 3 atom stereocenters. The molecule has 2 aliphatic rings. The molecule has 0 amide bonds. The van der Waals surface area contributed by atoms with Gasteiger partial charge in [-0.2, -0.15) is 0 Å². The minimum absolute atomic E-state index is 0.301. The van der Waals surface area contributed by atoms with Crippen molar-refractivity contribution in [2.45, 2.75) is 44.0 Å². The van der Waals surface area contributed by atoms with Gasteiger partial charge < -0.3 is 18.9 Å². The molecule has 3 rings (SSSR count). The van der Waals surface area contributed by atoms with Gasteiger partial charge >= 0.3 is 5.97 Å². The topological polar surface area (TPSA) is 57.3 Å². The summed E-state index contributed by atoms with van der Waals surface area (Å²) < 4.78 is 22.6. The molecule has 0 aliphatic carbocycles. The van der Waals surface area contributed by atoms with Crippen LogP contribution in [0, 0.1) is 0 Å². The van der Waals surface area contributed by atoms with Crippen molar-refractivity contribution in [3.8, 4) is 11.5 Å². The molecular weight excluding hydrogens is 320 g/mol. The van der Waals surface area contributed by atoms with E-state index in [2.05, 4.69) is 13.2 Å². The fourth-order valence-corrected chi connectivity index (χ4v) is 3.56. The molecule has 0 radical (unpaired) electrons. The average molecular weight is 344 g/mol. The number of hydrogen-bond donors (Lipinski definition) is 0. The first-order valence-corrected chi connectivity index (χ1v) is 8.36. The zero-order chi connectivity index (χ0) is 18.2. The quantitative estimate of drug-likeness (QED) is 0.410. The monoisotopic (exact) mass is 344 g/mol. The van der Waals surface area contributed by atoms with Crippen LogP contribution < -0.4 is 9.47 Å². The van der Waals surface area contributed by atoms with Gasteiger partial charge in [0, 0.05) is 11.1 Å². The molecule has 1 aromatic carbocycles. The van der Waals surface area contributed by atoms with E-state index >= 15 is 0 Å². The van der Waals surface area contributed by atoms with E-state index in [0.29, 0.717) is 25.0 Å². The van der Waals surface area contributed by atoms with Crippen molar-refractivity contribution in [1.29, 1.82) is 0 Å². The largest absolute Gasteiger partial charge is 0.496 e. The average Bonchev–Trinajstić information content (AvgIpc) is 3.26. The maximum atomic E-state index is 12.4. The molecular formula is C20H24O5. The molecule has 0 spiro atoms. The highest BCUT2D eigenvalue weighted by molar-refractivity contribution is 5.87. The Balaban J connectivity index is 2.03. The molecule has 0 aromatic heterocycles. The van der Waals surface area contributed by atoms with Gasteiger partial charge in [-0.05, 0) is 38.3 Å². The summed E-state index contributed by atoms with van der Waals surface area (Å²) in [6.07, 6.45) is 2.87. The van der Waals surface area contributed by atoms with E-state index in [0.717, 1.165) is 22.4 Å². The molecule has 0 unspecified atom stereocenters. The highest BCUT2D eigenvalue weighted by Crippen LogP contribution is 2.58. The smallest absolute Gasteiger partial charge is 0.342 e. The molecule has 1 aromatic rings. The van der Waals surface area contributed by atoms with Gasteiger partial charge in [0.25, 0.3) is 0 Å². The Labute approximate surface area is 148 Å². The summed E-state index contributed by atoms with van der Waals surface area (Å²) >= 11 is 0. The first kappa shape index (κ1) is 17.5. The summed E-state index contributed by atoms with van der Waals surface area (Å²) in [4.78, 5) is 12.4. The van der Waals surface area contributed by atoms with Gasteiger partial charge in [-0.25, -0.2) is 4.79 Å². The zero-order valence-corrected chi connectivity index (χ0v) is 15.0. The van der Waals surface area contributed by atoms with E-state index < -0.39 is 11.7 Å². The van der Waals surface area contributed by atoms with Crippen LogP contribution in [0.15, 0.2) is 36.9 Å². The van der Waals surface area contributed by atoms with Crippen LogP contribution in [0.2, 0.25) is 0 Å². The van der Waals surface area contributed by atoms with E-state index in [1.54, 1.807) is 20.3 Å². The molecule has 134 valence electrons. The third kappa shape index (κ3) is 2.82. The number of methoxy groups -OCH3 is 2. The Kier molecular flexibility index (Phi) is 4.60. The molecule has 0 N–H and O–H groups in total. The second-order valence-electron chi connectivity index (χ2n) is 6.58. The Morgan fingerprint density at radius 2 is 2.00 bits per heavy atom. The summed E-state index contributed by atoms with van der Waals surface area (Å²) in [7, 11) is 3.22. The lowest BCUT2D eigenvalue weighted by Gasteiger charge is -2.21. The molecule has 2 heterocycles. The molecule has 5 heteroatoms. The predicted octanol–water partition coefficient (Wildman–Crippen LogP) is 3.52. The molecule has 2 saturated heterocycles. The number of epoxide rings is 1. The van der Waals surface area contributed by atoms with Crippen LogP contribution in [0.4, 0.5) is 0 Å². The number of allylic oxidation sites excluding steroid dienone is 2. The van der Waals surface area contributed by atoms with Gasteiger partial charge in [-0.3, -0.25) is 0 Å². The van der Waals surface area contributed by atoms with Crippen molar-refractivity contribution in [2.75, 3.05) is 14.2 Å². The maximum absolute atomic E-state index is 12.4. The van der Waals surface area contributed by atoms with Crippen LogP contribution in [-0.2, 0) is 20.7 Å². The van der Waals surface area contributed by atoms with E-state index in [-0.39, 0.29) is 12.1 Å². The third-order valence-corrected chi connectivity index (χ3v) is 4.79. The summed E-state index contributed by atoms with van der Waals surface area (Å²) in [5.74, 6) is 1.07. The van der Waals surface area contributed by atoms with Gasteiger partial charge in [0.15, 0.2) is 11.7 Å². The highest BCUT2D eigenvalue weighted by Gasteiger charge is 2.73. The number of ether oxygens (including phenoxy) is 4. The number of carbonyl (C=O) groups is 1. The number of carbonyl (C=O) groups excluding carboxylic acids is 1. The molecule has 25 heavy (non-hydrogen) atoms. The number of fused-ring (bicyclic) bond motifs is 1. The first-order chi connectivity index (χ1) is 12.0. The van der Waals surface area contributed by atoms with Gasteiger partial charge in [-0.1, -0.05) is 18.2 Å². The summed E-state index contributed by atoms with van der Waals surface area (Å²) in [6.45, 7) is 9.67. The lowest BCUT2D eigenvalue weighted by Crippen LogP contribution is -2.22. The minimum Gasteiger partial charge on any atom is -0.496 e. The molecule has 0 saturated carbocycles. The second kappa shape index (κ2) is 6.56. The number of benzene rings is 1. The Bertz CT molecular complexity index is 723. The number of rotatable bonds is 8. The zero-order valence-electron chi connectivity index (χ0n) is 15.0. The lowest BCUT2D eigenvalue weighted by molar-refractivity contribution is -0.154. The Morgan fingerprint density at radius 3 is 2.56 bits per heavy atom. The number of esters is 1. The van der Waals surface area contributed by atoms with Gasteiger partial charge in [0.2, 0.25) is 0 Å². The van der Waals surface area contributed by atoms with E-state index in [4.69, 9.17) is 18.9 Å². The van der Waals surface area contributed by atoms with Crippen LogP contribution in [0.5, 0.6) is 11.5 Å². The summed E-state index contributed by atoms with van der Waals surface area (Å²) in [5.41, 5.74) is 1.86. The number of cyclic esters (lactones) is 1. The maximum Gasteiger partial charge on any atom is 0.342 e. The first-order valence-electron chi connectivity index (χ1n) is 8.36. The van der Waals surface area contributed by atoms with Crippen molar-refractivity contribution < 1.29 is 23.7 Å². The van der Waals surface area contributed by atoms with Crippen molar-refractivity contribution in [1.82, 2.24) is 0 Å². The van der Waals surface area contributed by atoms with Gasteiger partial charge in [-0.15, -0.1) is 6.58 Å². The standard InChI is InChI=1S/C20H24O5/c1-6-7-10-20-18(25-20)17(24-19(20)21)16-13(11-12(2)3)14(22-4)8-9-15(16)23-5/h6,8-9,17-18H,1-2,7,10-11H2,3-5H3/t17-,18+,20+/m1/s1. The van der Waals surface area contributed by atoms with Crippen LogP contribution in [-0.4, -0.2) is 31.9 Å². The third-order valence-electron chi connectivity index (χ3n) is 4.79. The van der Waals surface area contributed by atoms with Crippen LogP contribution in [0.25, 0.3) is 0 Å². The SMILES string of the molecule is C=CCC[C@]12O[C@H]1[C@@H](c1c(OC)ccc(OC)c1CC(=C)C)OC2=O. The minimum atomic E-state index is -0.840. The van der Waals surface area contributed by atoms with E-state index in [9.17, 15) is 4.79 Å².